The fourth-order valence-corrected chi connectivity index (χ4v) is 5.38. The summed E-state index contributed by atoms with van der Waals surface area (Å²) in [5.41, 5.74) is 1.05. The molecular weight excluding hydrogens is 489 g/mol. The number of fused-ring (bicyclic) bond motifs is 2. The number of hydrogen-bond acceptors (Lipinski definition) is 5. The highest BCUT2D eigenvalue weighted by atomic mass is 32.2. The Morgan fingerprint density at radius 2 is 1.72 bits per heavy atom. The van der Waals surface area contributed by atoms with Crippen molar-refractivity contribution >= 4 is 27.2 Å². The van der Waals surface area contributed by atoms with Crippen LogP contribution in [0.3, 0.4) is 0 Å². The number of nitrogens with one attached hydrogen (secondary N) is 1. The monoisotopic (exact) mass is 514 g/mol. The van der Waals surface area contributed by atoms with Crippen LogP contribution >= 0.6 is 0 Å². The topological polar surface area (TPSA) is 86.1 Å². The van der Waals surface area contributed by atoms with E-state index in [1.54, 1.807) is 37.3 Å². The Hall–Kier alpha value is -3.58. The average molecular weight is 515 g/mol. The summed E-state index contributed by atoms with van der Waals surface area (Å²) in [6.45, 7) is 7.49. The van der Waals surface area contributed by atoms with E-state index in [4.69, 9.17) is 0 Å². The molecule has 2 aromatic carbocycles. The Balaban J connectivity index is 1.89. The summed E-state index contributed by atoms with van der Waals surface area (Å²) < 4.78 is 68.9. The average Bonchev–Trinajstić information content (AvgIpc) is 2.98. The summed E-state index contributed by atoms with van der Waals surface area (Å²) in [7, 11) is -4.13. The van der Waals surface area contributed by atoms with Gasteiger partial charge in [-0.2, -0.15) is 18.4 Å². The van der Waals surface area contributed by atoms with Gasteiger partial charge in [-0.15, -0.1) is 0 Å². The van der Waals surface area contributed by atoms with Crippen LogP contribution in [0.2, 0.25) is 0 Å². The number of pyridine rings is 1. The molecule has 0 saturated carbocycles. The summed E-state index contributed by atoms with van der Waals surface area (Å²) in [5, 5.41) is 12.3. The standard InChI is InChI=1S/C26H25F3N4O2S/c1-16(14-30)17-5-11-21-22(13-17)33(15-18-6-12-23(26(27,28)29)32-24(18)31-21)36(34,35)20-9-7-19(8-10-20)25(2,3)4/h5-13,16H,15H2,1-4H3,(H,31,32). The molecule has 2 heterocycles. The lowest BCUT2D eigenvalue weighted by Gasteiger charge is -2.26. The fourth-order valence-electron chi connectivity index (χ4n) is 3.92. The van der Waals surface area contributed by atoms with E-state index in [9.17, 15) is 26.9 Å². The smallest absolute Gasteiger partial charge is 0.338 e. The molecule has 0 spiro atoms. The van der Waals surface area contributed by atoms with Gasteiger partial charge in [-0.3, -0.25) is 4.31 Å². The van der Waals surface area contributed by atoms with E-state index >= 15 is 0 Å². The maximum absolute atomic E-state index is 13.9. The molecule has 1 aliphatic rings. The lowest BCUT2D eigenvalue weighted by atomic mass is 9.87. The number of aromatic nitrogens is 1. The van der Waals surface area contributed by atoms with Crippen LogP contribution in [-0.4, -0.2) is 13.4 Å². The van der Waals surface area contributed by atoms with Crippen molar-refractivity contribution in [3.05, 3.63) is 77.0 Å². The third-order valence-corrected chi connectivity index (χ3v) is 7.90. The highest BCUT2D eigenvalue weighted by molar-refractivity contribution is 7.92. The van der Waals surface area contributed by atoms with Crippen LogP contribution in [0.15, 0.2) is 59.5 Å². The van der Waals surface area contributed by atoms with E-state index in [1.807, 2.05) is 20.8 Å². The van der Waals surface area contributed by atoms with Gasteiger partial charge >= 0.3 is 6.18 Å². The molecule has 0 saturated heterocycles. The molecule has 1 atom stereocenters. The van der Waals surface area contributed by atoms with Crippen LogP contribution in [0.4, 0.5) is 30.4 Å². The zero-order valence-corrected chi connectivity index (χ0v) is 21.0. The minimum absolute atomic E-state index is 0.0449. The highest BCUT2D eigenvalue weighted by Crippen LogP contribution is 2.41. The Labute approximate surface area is 208 Å². The van der Waals surface area contributed by atoms with Gasteiger partial charge in [-0.05, 0) is 53.8 Å². The minimum Gasteiger partial charge on any atom is -0.338 e. The van der Waals surface area contributed by atoms with Crippen LogP contribution in [0.25, 0.3) is 0 Å². The predicted molar refractivity (Wildman–Crippen MR) is 132 cm³/mol. The van der Waals surface area contributed by atoms with Gasteiger partial charge in [0, 0.05) is 5.56 Å². The number of halogens is 3. The van der Waals surface area contributed by atoms with Crippen molar-refractivity contribution < 1.29 is 21.6 Å². The molecule has 188 valence electrons. The Kier molecular flexibility index (Phi) is 6.25. The second-order valence-electron chi connectivity index (χ2n) is 9.74. The van der Waals surface area contributed by atoms with Crippen molar-refractivity contribution in [2.75, 3.05) is 9.62 Å². The molecule has 1 N–H and O–H groups in total. The molecule has 6 nitrogen and oxygen atoms in total. The summed E-state index contributed by atoms with van der Waals surface area (Å²) >= 11 is 0. The molecule has 0 fully saturated rings. The van der Waals surface area contributed by atoms with Gasteiger partial charge in [0.15, 0.2) is 0 Å². The number of benzene rings is 2. The molecule has 0 bridgehead atoms. The van der Waals surface area contributed by atoms with Crippen molar-refractivity contribution in [3.8, 4) is 6.07 Å². The molecule has 3 aromatic rings. The molecular formula is C26H25F3N4O2S. The van der Waals surface area contributed by atoms with Gasteiger partial charge in [0.25, 0.3) is 10.0 Å². The Morgan fingerprint density at radius 1 is 1.06 bits per heavy atom. The number of anilines is 3. The number of hydrogen-bond donors (Lipinski definition) is 1. The molecule has 1 unspecified atom stereocenters. The number of alkyl halides is 3. The van der Waals surface area contributed by atoms with Crippen molar-refractivity contribution in [2.24, 2.45) is 0 Å². The first-order valence-corrected chi connectivity index (χ1v) is 12.7. The number of sulfonamides is 1. The van der Waals surface area contributed by atoms with Gasteiger partial charge in [0.05, 0.1) is 34.8 Å². The lowest BCUT2D eigenvalue weighted by Crippen LogP contribution is -2.30. The molecule has 4 rings (SSSR count). The summed E-state index contributed by atoms with van der Waals surface area (Å²) in [6, 6.07) is 15.5. The van der Waals surface area contributed by atoms with E-state index in [1.165, 1.54) is 18.2 Å². The van der Waals surface area contributed by atoms with E-state index in [-0.39, 0.29) is 39.6 Å². The lowest BCUT2D eigenvalue weighted by molar-refractivity contribution is -0.141. The van der Waals surface area contributed by atoms with Crippen LogP contribution in [0.1, 0.15) is 56.0 Å². The van der Waals surface area contributed by atoms with Crippen LogP contribution < -0.4 is 9.62 Å². The number of nitrogens with zero attached hydrogens (tertiary/aromatic N) is 3. The molecule has 10 heteroatoms. The van der Waals surface area contributed by atoms with Crippen LogP contribution in [0, 0.1) is 11.3 Å². The van der Waals surface area contributed by atoms with Gasteiger partial charge < -0.3 is 5.32 Å². The third kappa shape index (κ3) is 4.75. The second-order valence-corrected chi connectivity index (χ2v) is 11.6. The van der Waals surface area contributed by atoms with Crippen molar-refractivity contribution in [1.82, 2.24) is 4.98 Å². The summed E-state index contributed by atoms with van der Waals surface area (Å²) in [5.74, 6) is -0.598. The summed E-state index contributed by atoms with van der Waals surface area (Å²) in [4.78, 5) is 3.78. The Bertz CT molecular complexity index is 1450. The zero-order chi connectivity index (χ0) is 26.5. The van der Waals surface area contributed by atoms with Crippen LogP contribution in [0.5, 0.6) is 0 Å². The van der Waals surface area contributed by atoms with Crippen molar-refractivity contribution in [3.63, 3.8) is 0 Å². The van der Waals surface area contributed by atoms with E-state index < -0.39 is 27.8 Å². The normalized spacial score (nSPS) is 14.7. The molecule has 1 aromatic heterocycles. The largest absolute Gasteiger partial charge is 0.433 e. The quantitative estimate of drug-likeness (QED) is 0.433. The van der Waals surface area contributed by atoms with Gasteiger partial charge in [-0.1, -0.05) is 45.0 Å². The molecule has 0 amide bonds. The predicted octanol–water partition coefficient (Wildman–Crippen LogP) is 6.48. The minimum atomic E-state index is -4.65. The maximum atomic E-state index is 13.9. The van der Waals surface area contributed by atoms with Crippen molar-refractivity contribution in [2.45, 2.75) is 56.6 Å². The van der Waals surface area contributed by atoms with E-state index in [0.717, 1.165) is 15.9 Å². The van der Waals surface area contributed by atoms with E-state index in [2.05, 4.69) is 16.4 Å². The number of nitriles is 1. The first kappa shape index (κ1) is 25.5. The molecule has 1 aliphatic heterocycles. The SMILES string of the molecule is CC(C#N)c1ccc2c(c1)N(S(=O)(=O)c1ccc(C(C)(C)C)cc1)Cc1ccc(C(F)(F)F)nc1N2. The van der Waals surface area contributed by atoms with E-state index in [0.29, 0.717) is 5.56 Å². The Morgan fingerprint density at radius 3 is 2.31 bits per heavy atom. The first-order valence-electron chi connectivity index (χ1n) is 11.2. The first-order chi connectivity index (χ1) is 16.7. The highest BCUT2D eigenvalue weighted by Gasteiger charge is 2.35. The third-order valence-electron chi connectivity index (χ3n) is 6.13. The maximum Gasteiger partial charge on any atom is 0.433 e. The molecule has 0 aliphatic carbocycles. The summed E-state index contributed by atoms with van der Waals surface area (Å²) in [6.07, 6.45) is -4.65. The number of rotatable bonds is 3. The molecule has 36 heavy (non-hydrogen) atoms. The van der Waals surface area contributed by atoms with Gasteiger partial charge in [0.2, 0.25) is 0 Å². The van der Waals surface area contributed by atoms with Gasteiger partial charge in [-0.25, -0.2) is 13.4 Å². The van der Waals surface area contributed by atoms with Crippen molar-refractivity contribution in [1.29, 1.82) is 5.26 Å². The molecule has 0 radical (unpaired) electrons. The van der Waals surface area contributed by atoms with Crippen LogP contribution in [-0.2, 0) is 28.2 Å². The second kappa shape index (κ2) is 8.82. The van der Waals surface area contributed by atoms with Gasteiger partial charge in [0.1, 0.15) is 11.5 Å². The zero-order valence-electron chi connectivity index (χ0n) is 20.2. The fraction of sp³-hybridized carbons (Fsp3) is 0.308.